The molecule has 0 atom stereocenters. The van der Waals surface area contributed by atoms with Gasteiger partial charge in [-0.25, -0.2) is 0 Å². The third kappa shape index (κ3) is 3.72. The van der Waals surface area contributed by atoms with E-state index in [1.807, 2.05) is 0 Å². The number of rotatable bonds is 5. The van der Waals surface area contributed by atoms with Gasteiger partial charge in [0.2, 0.25) is 0 Å². The van der Waals surface area contributed by atoms with E-state index >= 15 is 0 Å². The van der Waals surface area contributed by atoms with Gasteiger partial charge in [0.15, 0.2) is 0 Å². The highest BCUT2D eigenvalue weighted by Crippen LogP contribution is 2.14. The summed E-state index contributed by atoms with van der Waals surface area (Å²) in [5.41, 5.74) is 5.50. The summed E-state index contributed by atoms with van der Waals surface area (Å²) in [6, 6.07) is 4.53. The molecule has 0 heterocycles. The van der Waals surface area contributed by atoms with Gasteiger partial charge in [0.1, 0.15) is 0 Å². The van der Waals surface area contributed by atoms with Gasteiger partial charge in [-0.3, -0.25) is 0 Å². The van der Waals surface area contributed by atoms with Crippen LogP contribution in [0.15, 0.2) is 12.1 Å². The molecule has 1 aromatic rings. The van der Waals surface area contributed by atoms with E-state index in [4.69, 9.17) is 6.42 Å². The first-order chi connectivity index (χ1) is 7.65. The van der Waals surface area contributed by atoms with E-state index in [-0.39, 0.29) is 0 Å². The molecular weight excluding hydrogens is 194 g/mol. The second kappa shape index (κ2) is 6.35. The molecule has 0 radical (unpaired) electrons. The van der Waals surface area contributed by atoms with Crippen molar-refractivity contribution in [2.45, 2.75) is 40.2 Å². The summed E-state index contributed by atoms with van der Waals surface area (Å²) in [5, 5.41) is 3.43. The van der Waals surface area contributed by atoms with E-state index in [2.05, 4.69) is 44.1 Å². The lowest BCUT2D eigenvalue weighted by Gasteiger charge is -2.10. The van der Waals surface area contributed by atoms with Crippen LogP contribution in [0.3, 0.4) is 0 Å². The third-order valence-corrected chi connectivity index (χ3v) is 2.94. The van der Waals surface area contributed by atoms with Crippen LogP contribution in [0.1, 0.15) is 35.1 Å². The first-order valence-electron chi connectivity index (χ1n) is 5.86. The SMILES string of the molecule is C#CCCCNCc1cc(C)c(C)cc1C. The minimum atomic E-state index is 0.860. The van der Waals surface area contributed by atoms with Crippen molar-refractivity contribution in [1.29, 1.82) is 0 Å². The molecule has 1 rings (SSSR count). The van der Waals surface area contributed by atoms with Gasteiger partial charge in [0, 0.05) is 13.0 Å². The predicted octanol–water partition coefficient (Wildman–Crippen LogP) is 3.11. The summed E-state index contributed by atoms with van der Waals surface area (Å²) in [7, 11) is 0. The number of aryl methyl sites for hydroxylation is 3. The minimum Gasteiger partial charge on any atom is -0.313 e. The van der Waals surface area contributed by atoms with Crippen molar-refractivity contribution in [1.82, 2.24) is 5.32 Å². The largest absolute Gasteiger partial charge is 0.313 e. The van der Waals surface area contributed by atoms with Crippen LogP contribution in [0.4, 0.5) is 0 Å². The Morgan fingerprint density at radius 3 is 2.50 bits per heavy atom. The summed E-state index contributed by atoms with van der Waals surface area (Å²) >= 11 is 0. The minimum absolute atomic E-state index is 0.860. The van der Waals surface area contributed by atoms with Gasteiger partial charge in [0.25, 0.3) is 0 Å². The average Bonchev–Trinajstić information content (AvgIpc) is 2.25. The number of nitrogens with one attached hydrogen (secondary N) is 1. The molecule has 0 bridgehead atoms. The van der Waals surface area contributed by atoms with E-state index in [1.165, 1.54) is 22.3 Å². The lowest BCUT2D eigenvalue weighted by molar-refractivity contribution is 0.657. The van der Waals surface area contributed by atoms with Gasteiger partial charge in [-0.1, -0.05) is 12.1 Å². The third-order valence-electron chi connectivity index (χ3n) is 2.94. The van der Waals surface area contributed by atoms with Crippen LogP contribution in [0, 0.1) is 33.1 Å². The van der Waals surface area contributed by atoms with E-state index in [9.17, 15) is 0 Å². The normalized spacial score (nSPS) is 10.1. The maximum absolute atomic E-state index is 5.20. The molecule has 0 aliphatic rings. The summed E-state index contributed by atoms with van der Waals surface area (Å²) in [5.74, 6) is 2.65. The number of terminal acetylenes is 1. The Morgan fingerprint density at radius 2 is 1.81 bits per heavy atom. The summed E-state index contributed by atoms with van der Waals surface area (Å²) in [6.07, 6.45) is 7.12. The van der Waals surface area contributed by atoms with Crippen LogP contribution >= 0.6 is 0 Å². The van der Waals surface area contributed by atoms with Crippen LogP contribution < -0.4 is 5.32 Å². The van der Waals surface area contributed by atoms with Crippen LogP contribution in [-0.4, -0.2) is 6.54 Å². The molecule has 0 fully saturated rings. The number of benzene rings is 1. The number of unbranched alkanes of at least 4 members (excludes halogenated alkanes) is 1. The quantitative estimate of drug-likeness (QED) is 0.588. The van der Waals surface area contributed by atoms with Crippen LogP contribution in [-0.2, 0) is 6.54 Å². The first-order valence-corrected chi connectivity index (χ1v) is 5.86. The summed E-state index contributed by atoms with van der Waals surface area (Å²) < 4.78 is 0. The maximum Gasteiger partial charge on any atom is 0.0208 e. The zero-order valence-electron chi connectivity index (χ0n) is 10.6. The van der Waals surface area contributed by atoms with Gasteiger partial charge in [-0.15, -0.1) is 12.3 Å². The topological polar surface area (TPSA) is 12.0 Å². The second-order valence-electron chi connectivity index (χ2n) is 4.35. The Labute approximate surface area is 99.3 Å². The van der Waals surface area contributed by atoms with Gasteiger partial charge in [-0.05, 0) is 56.0 Å². The molecule has 0 amide bonds. The fourth-order valence-corrected chi connectivity index (χ4v) is 1.75. The monoisotopic (exact) mass is 215 g/mol. The molecule has 1 aromatic carbocycles. The van der Waals surface area contributed by atoms with Crippen molar-refractivity contribution < 1.29 is 0 Å². The lowest BCUT2D eigenvalue weighted by Crippen LogP contribution is -2.15. The number of hydrogen-bond donors (Lipinski definition) is 1. The molecule has 0 aliphatic carbocycles. The fourth-order valence-electron chi connectivity index (χ4n) is 1.75. The molecule has 1 N–H and O–H groups in total. The zero-order chi connectivity index (χ0) is 12.0. The van der Waals surface area contributed by atoms with Crippen molar-refractivity contribution in [3.63, 3.8) is 0 Å². The van der Waals surface area contributed by atoms with Crippen molar-refractivity contribution in [2.24, 2.45) is 0 Å². The molecule has 0 saturated heterocycles. The summed E-state index contributed by atoms with van der Waals surface area (Å²) in [4.78, 5) is 0. The van der Waals surface area contributed by atoms with Crippen LogP contribution in [0.2, 0.25) is 0 Å². The molecule has 86 valence electrons. The predicted molar refractivity (Wildman–Crippen MR) is 70.4 cm³/mol. The highest BCUT2D eigenvalue weighted by atomic mass is 14.8. The molecule has 1 heteroatoms. The van der Waals surface area contributed by atoms with Crippen molar-refractivity contribution in [3.05, 3.63) is 34.4 Å². The molecular formula is C15H21N. The van der Waals surface area contributed by atoms with E-state index in [1.54, 1.807) is 0 Å². The van der Waals surface area contributed by atoms with Gasteiger partial charge >= 0.3 is 0 Å². The molecule has 0 aromatic heterocycles. The van der Waals surface area contributed by atoms with Crippen molar-refractivity contribution in [3.8, 4) is 12.3 Å². The molecule has 0 aliphatic heterocycles. The maximum atomic E-state index is 5.20. The Balaban J connectivity index is 2.48. The molecule has 0 saturated carbocycles. The number of hydrogen-bond acceptors (Lipinski definition) is 1. The second-order valence-corrected chi connectivity index (χ2v) is 4.35. The Kier molecular flexibility index (Phi) is 5.08. The fraction of sp³-hybridized carbons (Fsp3) is 0.467. The van der Waals surface area contributed by atoms with Crippen LogP contribution in [0.5, 0.6) is 0 Å². The Morgan fingerprint density at radius 1 is 1.12 bits per heavy atom. The standard InChI is InChI=1S/C15H21N/c1-5-6-7-8-16-11-15-10-13(3)12(2)9-14(15)4/h1,9-10,16H,6-8,11H2,2-4H3. The van der Waals surface area contributed by atoms with E-state index in [0.29, 0.717) is 0 Å². The highest BCUT2D eigenvalue weighted by molar-refractivity contribution is 5.36. The van der Waals surface area contributed by atoms with Gasteiger partial charge < -0.3 is 5.32 Å². The molecule has 0 unspecified atom stereocenters. The molecule has 1 nitrogen and oxygen atoms in total. The van der Waals surface area contributed by atoms with E-state index < -0.39 is 0 Å². The average molecular weight is 215 g/mol. The van der Waals surface area contributed by atoms with Gasteiger partial charge in [0.05, 0.1) is 0 Å². The Bertz CT molecular complexity index is 385. The highest BCUT2D eigenvalue weighted by Gasteiger charge is 2.01. The molecule has 0 spiro atoms. The smallest absolute Gasteiger partial charge is 0.0208 e. The first kappa shape index (κ1) is 12.8. The zero-order valence-corrected chi connectivity index (χ0v) is 10.6. The molecule has 16 heavy (non-hydrogen) atoms. The lowest BCUT2D eigenvalue weighted by atomic mass is 10.0. The van der Waals surface area contributed by atoms with Crippen molar-refractivity contribution >= 4 is 0 Å². The van der Waals surface area contributed by atoms with E-state index in [0.717, 1.165) is 25.9 Å². The van der Waals surface area contributed by atoms with Crippen molar-refractivity contribution in [2.75, 3.05) is 6.54 Å². The van der Waals surface area contributed by atoms with Gasteiger partial charge in [-0.2, -0.15) is 0 Å². The summed E-state index contributed by atoms with van der Waals surface area (Å²) in [6.45, 7) is 8.43. The van der Waals surface area contributed by atoms with Crippen LogP contribution in [0.25, 0.3) is 0 Å². The Hall–Kier alpha value is -1.26.